The molecule has 0 amide bonds. The molecule has 1 aliphatic heterocycles. The molecule has 0 unspecified atom stereocenters. The Hall–Kier alpha value is -2.85. The van der Waals surface area contributed by atoms with Gasteiger partial charge in [0, 0.05) is 49.4 Å². The predicted octanol–water partition coefficient (Wildman–Crippen LogP) is 4.98. The van der Waals surface area contributed by atoms with Gasteiger partial charge in [-0.1, -0.05) is 25.0 Å². The third-order valence-electron chi connectivity index (χ3n) is 8.60. The van der Waals surface area contributed by atoms with E-state index in [1.54, 1.807) is 12.1 Å². The molecule has 3 heterocycles. The van der Waals surface area contributed by atoms with Crippen molar-refractivity contribution >= 4 is 22.9 Å². The molecule has 38 heavy (non-hydrogen) atoms. The Balaban J connectivity index is 1.18. The predicted molar refractivity (Wildman–Crippen MR) is 145 cm³/mol. The van der Waals surface area contributed by atoms with Crippen LogP contribution in [0, 0.1) is 11.6 Å². The van der Waals surface area contributed by atoms with Crippen LogP contribution in [0.25, 0.3) is 11.2 Å². The van der Waals surface area contributed by atoms with Crippen LogP contribution in [-0.2, 0) is 6.54 Å². The first kappa shape index (κ1) is 25.4. The molecule has 6 rings (SSSR count). The third kappa shape index (κ3) is 5.47. The number of imidazole rings is 1. The van der Waals surface area contributed by atoms with Gasteiger partial charge in [-0.15, -0.1) is 0 Å². The number of halogens is 2. The minimum atomic E-state index is -0.788. The van der Waals surface area contributed by atoms with Gasteiger partial charge in [-0.05, 0) is 57.4 Å². The Kier molecular flexibility index (Phi) is 7.43. The van der Waals surface area contributed by atoms with Crippen molar-refractivity contribution in [2.45, 2.75) is 94.9 Å². The van der Waals surface area contributed by atoms with Crippen LogP contribution >= 0.6 is 0 Å². The lowest BCUT2D eigenvalue weighted by molar-refractivity contribution is 0.208. The van der Waals surface area contributed by atoms with Crippen molar-refractivity contribution < 1.29 is 8.78 Å². The lowest BCUT2D eigenvalue weighted by atomic mass is 9.92. The highest BCUT2D eigenvalue weighted by molar-refractivity contribution is 5.84. The summed E-state index contributed by atoms with van der Waals surface area (Å²) in [7, 11) is 0. The van der Waals surface area contributed by atoms with E-state index >= 15 is 0 Å². The van der Waals surface area contributed by atoms with Crippen LogP contribution in [-0.4, -0.2) is 55.6 Å². The van der Waals surface area contributed by atoms with Gasteiger partial charge in [0.05, 0.1) is 6.33 Å². The summed E-state index contributed by atoms with van der Waals surface area (Å²) in [6, 6.07) is 5.68. The normalized spacial score (nSPS) is 23.8. The van der Waals surface area contributed by atoms with Gasteiger partial charge in [-0.2, -0.15) is 9.97 Å². The average molecular weight is 525 g/mol. The second-order valence-corrected chi connectivity index (χ2v) is 11.3. The van der Waals surface area contributed by atoms with Crippen molar-refractivity contribution in [2.24, 2.45) is 5.73 Å². The molecular weight excluding hydrogens is 486 g/mol. The highest BCUT2D eigenvalue weighted by Crippen LogP contribution is 2.34. The number of hydrogen-bond acceptors (Lipinski definition) is 7. The summed E-state index contributed by atoms with van der Waals surface area (Å²) in [5.74, 6) is -0.103. The summed E-state index contributed by atoms with van der Waals surface area (Å²) in [5.41, 5.74) is 8.23. The third-order valence-corrected chi connectivity index (χ3v) is 8.60. The van der Waals surface area contributed by atoms with Gasteiger partial charge < -0.3 is 20.9 Å². The van der Waals surface area contributed by atoms with Crippen LogP contribution in [0.5, 0.6) is 0 Å². The molecule has 1 saturated heterocycles. The van der Waals surface area contributed by atoms with Crippen molar-refractivity contribution in [3.05, 3.63) is 41.7 Å². The van der Waals surface area contributed by atoms with Crippen LogP contribution in [0.2, 0.25) is 0 Å². The second kappa shape index (κ2) is 11.1. The minimum Gasteiger partial charge on any atom is -0.365 e. The van der Waals surface area contributed by atoms with Gasteiger partial charge in [-0.25, -0.2) is 13.8 Å². The fourth-order valence-electron chi connectivity index (χ4n) is 6.32. The van der Waals surface area contributed by atoms with E-state index in [9.17, 15) is 8.78 Å². The molecule has 204 valence electrons. The number of likely N-dealkylation sites (tertiary alicyclic amines) is 1. The first-order chi connectivity index (χ1) is 18.5. The molecule has 10 heteroatoms. The zero-order valence-electron chi connectivity index (χ0n) is 21.9. The molecular formula is C28H38F2N8. The van der Waals surface area contributed by atoms with Crippen LogP contribution < -0.4 is 16.4 Å². The van der Waals surface area contributed by atoms with Gasteiger partial charge in [0.2, 0.25) is 5.95 Å². The van der Waals surface area contributed by atoms with E-state index < -0.39 is 11.6 Å². The molecule has 2 aliphatic carbocycles. The Morgan fingerprint density at radius 3 is 2.39 bits per heavy atom. The lowest BCUT2D eigenvalue weighted by Crippen LogP contribution is -2.39. The number of aromatic nitrogens is 4. The first-order valence-corrected chi connectivity index (χ1v) is 14.2. The summed E-state index contributed by atoms with van der Waals surface area (Å²) in [5, 5.41) is 7.26. The van der Waals surface area contributed by atoms with Gasteiger partial charge in [-0.3, -0.25) is 4.90 Å². The van der Waals surface area contributed by atoms with Gasteiger partial charge in [0.15, 0.2) is 28.6 Å². The molecule has 0 atom stereocenters. The van der Waals surface area contributed by atoms with Crippen molar-refractivity contribution in [3.8, 4) is 0 Å². The Morgan fingerprint density at radius 2 is 1.63 bits per heavy atom. The Bertz CT molecular complexity index is 1240. The molecule has 8 nitrogen and oxygen atoms in total. The molecule has 0 spiro atoms. The zero-order valence-corrected chi connectivity index (χ0v) is 21.9. The fourth-order valence-corrected chi connectivity index (χ4v) is 6.32. The SMILES string of the molecule is NC1CCC(Nc2nc(NC3CCN(Cc4cccc(F)c4F)CC3)c3ncn(C4CCCC4)c3n2)CC1. The van der Waals surface area contributed by atoms with E-state index in [-0.39, 0.29) is 6.04 Å². The maximum atomic E-state index is 14.2. The maximum absolute atomic E-state index is 14.2. The van der Waals surface area contributed by atoms with Gasteiger partial charge in [0.1, 0.15) is 0 Å². The summed E-state index contributed by atoms with van der Waals surface area (Å²) in [6.07, 6.45) is 12.6. The Morgan fingerprint density at radius 1 is 0.895 bits per heavy atom. The summed E-state index contributed by atoms with van der Waals surface area (Å²) in [6.45, 7) is 2.01. The van der Waals surface area contributed by atoms with Gasteiger partial charge in [0.25, 0.3) is 0 Å². The smallest absolute Gasteiger partial charge is 0.227 e. The lowest BCUT2D eigenvalue weighted by Gasteiger charge is -2.33. The largest absolute Gasteiger partial charge is 0.365 e. The number of piperidine rings is 1. The number of nitrogens with one attached hydrogen (secondary N) is 2. The monoisotopic (exact) mass is 524 g/mol. The molecule has 3 aromatic rings. The van der Waals surface area contributed by atoms with E-state index in [4.69, 9.17) is 20.7 Å². The van der Waals surface area contributed by atoms with Crippen molar-refractivity contribution in [1.29, 1.82) is 0 Å². The summed E-state index contributed by atoms with van der Waals surface area (Å²) in [4.78, 5) is 16.8. The molecule has 0 bridgehead atoms. The molecule has 4 N–H and O–H groups in total. The van der Waals surface area contributed by atoms with Crippen LogP contribution in [0.15, 0.2) is 24.5 Å². The van der Waals surface area contributed by atoms with Crippen molar-refractivity contribution in [3.63, 3.8) is 0 Å². The van der Waals surface area contributed by atoms with Crippen LogP contribution in [0.4, 0.5) is 20.5 Å². The summed E-state index contributed by atoms with van der Waals surface area (Å²) >= 11 is 0. The number of anilines is 2. The quantitative estimate of drug-likeness (QED) is 0.401. The van der Waals surface area contributed by atoms with Crippen LogP contribution in [0.1, 0.15) is 75.8 Å². The molecule has 3 aliphatic rings. The van der Waals surface area contributed by atoms with E-state index in [1.165, 1.54) is 12.8 Å². The number of rotatable bonds is 7. The fraction of sp³-hybridized carbons (Fsp3) is 0.607. The van der Waals surface area contributed by atoms with E-state index in [0.29, 0.717) is 36.2 Å². The minimum absolute atomic E-state index is 0.221. The average Bonchev–Trinajstić information content (AvgIpc) is 3.60. The van der Waals surface area contributed by atoms with Crippen molar-refractivity contribution in [1.82, 2.24) is 24.4 Å². The molecule has 0 radical (unpaired) electrons. The number of benzene rings is 1. The molecule has 2 aromatic heterocycles. The van der Waals surface area contributed by atoms with Crippen molar-refractivity contribution in [2.75, 3.05) is 23.7 Å². The molecule has 1 aromatic carbocycles. The number of hydrogen-bond donors (Lipinski definition) is 3. The van der Waals surface area contributed by atoms with E-state index in [0.717, 1.165) is 87.5 Å². The topological polar surface area (TPSA) is 96.9 Å². The van der Waals surface area contributed by atoms with Gasteiger partial charge >= 0.3 is 0 Å². The molecule has 2 saturated carbocycles. The standard InChI is InChI=1S/C28H38F2N8/c29-23-7-3-4-18(24(23)30)16-37-14-12-21(13-15-37)33-26-25-27(38(17-32-25)22-5-1-2-6-22)36-28(35-26)34-20-10-8-19(31)9-11-20/h3-4,7,17,19-22H,1-2,5-6,8-16,31H2,(H2,33,34,35,36). The van der Waals surface area contributed by atoms with E-state index in [1.807, 2.05) is 6.33 Å². The number of nitrogens with zero attached hydrogens (tertiary/aromatic N) is 5. The highest BCUT2D eigenvalue weighted by Gasteiger charge is 2.26. The summed E-state index contributed by atoms with van der Waals surface area (Å²) < 4.78 is 30.0. The van der Waals surface area contributed by atoms with E-state index in [2.05, 4.69) is 20.1 Å². The molecule has 3 fully saturated rings. The number of nitrogens with two attached hydrogens (primary N) is 1. The zero-order chi connectivity index (χ0) is 26.1. The maximum Gasteiger partial charge on any atom is 0.227 e. The second-order valence-electron chi connectivity index (χ2n) is 11.3. The van der Waals surface area contributed by atoms with Crippen LogP contribution in [0.3, 0.4) is 0 Å². The highest BCUT2D eigenvalue weighted by atomic mass is 19.2. The number of fused-ring (bicyclic) bond motifs is 1. The Labute approximate surface area is 222 Å². The first-order valence-electron chi connectivity index (χ1n) is 14.2.